The van der Waals surface area contributed by atoms with Crippen molar-refractivity contribution in [3.63, 3.8) is 0 Å². The van der Waals surface area contributed by atoms with Crippen molar-refractivity contribution in [2.75, 3.05) is 19.5 Å². The predicted octanol–water partition coefficient (Wildman–Crippen LogP) is 6.79. The maximum absolute atomic E-state index is 12.6. The minimum atomic E-state index is -4.76. The molecule has 0 amide bonds. The number of imidazole rings is 1. The van der Waals surface area contributed by atoms with Crippen LogP contribution in [0.25, 0.3) is 11.0 Å². The van der Waals surface area contributed by atoms with Crippen molar-refractivity contribution in [2.24, 2.45) is 11.3 Å². The van der Waals surface area contributed by atoms with Gasteiger partial charge in [-0.25, -0.2) is 4.98 Å². The van der Waals surface area contributed by atoms with E-state index >= 15 is 0 Å². The van der Waals surface area contributed by atoms with Crippen LogP contribution in [0.3, 0.4) is 0 Å². The van der Waals surface area contributed by atoms with Gasteiger partial charge in [-0.05, 0) is 60.9 Å². The van der Waals surface area contributed by atoms with E-state index in [-0.39, 0.29) is 29.6 Å². The highest BCUT2D eigenvalue weighted by molar-refractivity contribution is 5.84. The SMILES string of the molecule is COC(=O)Cc1cc2nc(Nc3ccc(OC(F)(F)F)cc3)n(C3CC(C)CC(C)(C)C3)c2cc1OC. The zero-order chi connectivity index (χ0) is 27.0. The number of nitrogens with zero attached hydrogens (tertiary/aromatic N) is 2. The molecule has 10 heteroatoms. The lowest BCUT2D eigenvalue weighted by Crippen LogP contribution is -2.29. The molecule has 1 fully saturated rings. The zero-order valence-electron chi connectivity index (χ0n) is 21.6. The lowest BCUT2D eigenvalue weighted by molar-refractivity contribution is -0.274. The minimum absolute atomic E-state index is 0.0411. The van der Waals surface area contributed by atoms with Gasteiger partial charge in [0, 0.05) is 23.4 Å². The van der Waals surface area contributed by atoms with Gasteiger partial charge < -0.3 is 24.1 Å². The van der Waals surface area contributed by atoms with Crippen molar-refractivity contribution in [1.29, 1.82) is 0 Å². The Hall–Kier alpha value is -3.43. The smallest absolute Gasteiger partial charge is 0.496 e. The molecule has 0 bridgehead atoms. The molecule has 2 atom stereocenters. The lowest BCUT2D eigenvalue weighted by atomic mass is 9.70. The predicted molar refractivity (Wildman–Crippen MR) is 134 cm³/mol. The molecule has 0 spiro atoms. The van der Waals surface area contributed by atoms with Gasteiger partial charge in [-0.1, -0.05) is 20.8 Å². The van der Waals surface area contributed by atoms with Gasteiger partial charge in [0.25, 0.3) is 0 Å². The number of methoxy groups -OCH3 is 2. The molecule has 2 unspecified atom stereocenters. The Morgan fingerprint density at radius 3 is 2.46 bits per heavy atom. The molecule has 0 radical (unpaired) electrons. The molecular weight excluding hydrogens is 487 g/mol. The summed E-state index contributed by atoms with van der Waals surface area (Å²) in [5.41, 5.74) is 2.87. The van der Waals surface area contributed by atoms with Crippen LogP contribution in [0.4, 0.5) is 24.8 Å². The van der Waals surface area contributed by atoms with E-state index in [1.807, 2.05) is 12.1 Å². The molecule has 200 valence electrons. The van der Waals surface area contributed by atoms with Gasteiger partial charge in [-0.15, -0.1) is 13.2 Å². The van der Waals surface area contributed by atoms with Gasteiger partial charge >= 0.3 is 12.3 Å². The summed E-state index contributed by atoms with van der Waals surface area (Å²) in [5, 5.41) is 3.28. The van der Waals surface area contributed by atoms with Crippen molar-refractivity contribution >= 4 is 28.6 Å². The molecule has 1 saturated carbocycles. The van der Waals surface area contributed by atoms with Crippen molar-refractivity contribution in [3.05, 3.63) is 42.0 Å². The third kappa shape index (κ3) is 6.29. The number of hydrogen-bond donors (Lipinski definition) is 1. The minimum Gasteiger partial charge on any atom is -0.496 e. The average molecular weight is 520 g/mol. The molecule has 1 aromatic heterocycles. The number of benzene rings is 2. The summed E-state index contributed by atoms with van der Waals surface area (Å²) in [4.78, 5) is 16.8. The van der Waals surface area contributed by atoms with Crippen LogP contribution < -0.4 is 14.8 Å². The first-order chi connectivity index (χ1) is 17.4. The van der Waals surface area contributed by atoms with Gasteiger partial charge in [-0.3, -0.25) is 4.79 Å². The summed E-state index contributed by atoms with van der Waals surface area (Å²) in [7, 11) is 2.89. The van der Waals surface area contributed by atoms with Crippen LogP contribution in [0.2, 0.25) is 0 Å². The number of alkyl halides is 3. The van der Waals surface area contributed by atoms with Gasteiger partial charge in [0.05, 0.1) is 31.7 Å². The summed E-state index contributed by atoms with van der Waals surface area (Å²) in [5.74, 6) is 0.929. The quantitative estimate of drug-likeness (QED) is 0.347. The molecule has 0 aliphatic heterocycles. The van der Waals surface area contributed by atoms with E-state index in [2.05, 4.69) is 35.4 Å². The van der Waals surface area contributed by atoms with E-state index < -0.39 is 6.36 Å². The van der Waals surface area contributed by atoms with Crippen LogP contribution in [-0.2, 0) is 16.0 Å². The number of rotatable bonds is 7. The molecule has 1 aliphatic rings. The molecule has 1 heterocycles. The molecule has 7 nitrogen and oxygen atoms in total. The van der Waals surface area contributed by atoms with E-state index in [1.54, 1.807) is 7.11 Å². The number of aromatic nitrogens is 2. The number of carbonyl (C=O) groups excluding carboxylic acids is 1. The van der Waals surface area contributed by atoms with Crippen LogP contribution in [-0.4, -0.2) is 36.1 Å². The fraction of sp³-hybridized carbons (Fsp3) is 0.481. The number of esters is 1. The van der Waals surface area contributed by atoms with E-state index in [0.717, 1.165) is 24.8 Å². The van der Waals surface area contributed by atoms with Crippen molar-refractivity contribution in [1.82, 2.24) is 9.55 Å². The third-order valence-corrected chi connectivity index (χ3v) is 6.73. The monoisotopic (exact) mass is 519 g/mol. The highest BCUT2D eigenvalue weighted by Gasteiger charge is 2.35. The molecule has 1 N–H and O–H groups in total. The van der Waals surface area contributed by atoms with Crippen LogP contribution in [0.1, 0.15) is 51.6 Å². The van der Waals surface area contributed by atoms with Crippen molar-refractivity contribution < 1.29 is 32.2 Å². The number of carbonyl (C=O) groups is 1. The van der Waals surface area contributed by atoms with Gasteiger partial charge in [-0.2, -0.15) is 0 Å². The number of ether oxygens (including phenoxy) is 3. The fourth-order valence-electron chi connectivity index (χ4n) is 5.54. The van der Waals surface area contributed by atoms with Crippen molar-refractivity contribution in [2.45, 2.75) is 58.9 Å². The standard InChI is InChI=1S/C27H32F3N3O4/c1-16-10-19(15-26(2,3)14-16)33-22-13-23(35-4)17(12-24(34)36-5)11-21(22)32-25(33)31-18-6-8-20(9-7-18)37-27(28,29)30/h6-9,11,13,16,19H,10,12,14-15H2,1-5H3,(H,31,32). The first-order valence-electron chi connectivity index (χ1n) is 12.2. The number of nitrogens with one attached hydrogen (secondary N) is 1. The molecule has 37 heavy (non-hydrogen) atoms. The number of anilines is 2. The van der Waals surface area contributed by atoms with Gasteiger partial charge in [0.2, 0.25) is 5.95 Å². The molecule has 4 rings (SSSR count). The number of halogens is 3. The first-order valence-corrected chi connectivity index (χ1v) is 12.2. The second-order valence-electron chi connectivity index (χ2n) is 10.5. The number of hydrogen-bond acceptors (Lipinski definition) is 6. The highest BCUT2D eigenvalue weighted by atomic mass is 19.4. The van der Waals surface area contributed by atoms with Crippen molar-refractivity contribution in [3.8, 4) is 11.5 Å². The second-order valence-corrected chi connectivity index (χ2v) is 10.5. The largest absolute Gasteiger partial charge is 0.573 e. The molecule has 0 saturated heterocycles. The summed E-state index contributed by atoms with van der Waals surface area (Å²) in [6.45, 7) is 6.77. The Morgan fingerprint density at radius 1 is 1.16 bits per heavy atom. The summed E-state index contributed by atoms with van der Waals surface area (Å²) in [6, 6.07) is 9.39. The summed E-state index contributed by atoms with van der Waals surface area (Å²) < 4.78 is 54.3. The zero-order valence-corrected chi connectivity index (χ0v) is 21.6. The van der Waals surface area contributed by atoms with E-state index in [4.69, 9.17) is 14.5 Å². The van der Waals surface area contributed by atoms with E-state index in [0.29, 0.717) is 34.4 Å². The van der Waals surface area contributed by atoms with E-state index in [9.17, 15) is 18.0 Å². The van der Waals surface area contributed by atoms with Crippen LogP contribution in [0, 0.1) is 11.3 Å². The fourth-order valence-corrected chi connectivity index (χ4v) is 5.54. The van der Waals surface area contributed by atoms with Crippen LogP contribution in [0.5, 0.6) is 11.5 Å². The Kier molecular flexibility index (Phi) is 7.30. The van der Waals surface area contributed by atoms with Gasteiger partial charge in [0.1, 0.15) is 11.5 Å². The Labute approximate surface area is 213 Å². The highest BCUT2D eigenvalue weighted by Crippen LogP contribution is 2.46. The second kappa shape index (κ2) is 10.1. The van der Waals surface area contributed by atoms with E-state index in [1.165, 1.54) is 31.4 Å². The summed E-state index contributed by atoms with van der Waals surface area (Å²) >= 11 is 0. The molecule has 2 aromatic carbocycles. The Bertz CT molecular complexity index is 1270. The first kappa shape index (κ1) is 26.6. The maximum atomic E-state index is 12.6. The van der Waals surface area contributed by atoms with Gasteiger partial charge in [0.15, 0.2) is 0 Å². The normalized spacial score (nSPS) is 19.5. The number of fused-ring (bicyclic) bond motifs is 1. The molecular formula is C27H32F3N3O4. The van der Waals surface area contributed by atoms with Crippen LogP contribution in [0.15, 0.2) is 36.4 Å². The Morgan fingerprint density at radius 2 is 1.86 bits per heavy atom. The van der Waals surface area contributed by atoms with Crippen LogP contribution >= 0.6 is 0 Å². The lowest BCUT2D eigenvalue weighted by Gasteiger charge is -2.40. The third-order valence-electron chi connectivity index (χ3n) is 6.73. The average Bonchev–Trinajstić information content (AvgIpc) is 3.13. The maximum Gasteiger partial charge on any atom is 0.573 e. The topological polar surface area (TPSA) is 74.6 Å². The Balaban J connectivity index is 1.78. The summed E-state index contributed by atoms with van der Waals surface area (Å²) in [6.07, 6.45) is -1.71. The molecule has 3 aromatic rings. The molecule has 1 aliphatic carbocycles.